The van der Waals surface area contributed by atoms with Crippen LogP contribution in [0.5, 0.6) is 11.5 Å². The monoisotopic (exact) mass is 313 g/mol. The van der Waals surface area contributed by atoms with Crippen molar-refractivity contribution in [2.75, 3.05) is 6.79 Å². The van der Waals surface area contributed by atoms with Crippen LogP contribution >= 0.6 is 0 Å². The van der Waals surface area contributed by atoms with Crippen LogP contribution in [0.4, 0.5) is 5.69 Å². The number of fused-ring (bicyclic) bond motifs is 1. The van der Waals surface area contributed by atoms with Gasteiger partial charge in [-0.15, -0.1) is 5.10 Å². The van der Waals surface area contributed by atoms with E-state index in [0.29, 0.717) is 17.2 Å². The molecule has 116 valence electrons. The van der Waals surface area contributed by atoms with Crippen molar-refractivity contribution in [3.05, 3.63) is 57.9 Å². The molecule has 0 fully saturated rings. The van der Waals surface area contributed by atoms with Gasteiger partial charge in [-0.2, -0.15) is 5.10 Å². The highest BCUT2D eigenvalue weighted by molar-refractivity contribution is 5.96. The molecular formula is C14H11N5O4. The maximum atomic E-state index is 11.1. The number of nitrogens with two attached hydrogens (primary N) is 1. The standard InChI is InChI=1S/C14H11N5O4/c15-14(10-3-1-2-4-16-10)18-17-7-9-5-12-13(23-8-22-12)6-11(9)19(20)21/h1-7H,8H2,(H2,15,18)/b17-7+. The fourth-order valence-corrected chi connectivity index (χ4v) is 1.93. The van der Waals surface area contributed by atoms with E-state index in [9.17, 15) is 10.1 Å². The molecule has 0 radical (unpaired) electrons. The fraction of sp³-hybridized carbons (Fsp3) is 0.0714. The quantitative estimate of drug-likeness (QED) is 0.394. The highest BCUT2D eigenvalue weighted by Crippen LogP contribution is 2.37. The summed E-state index contributed by atoms with van der Waals surface area (Å²) in [4.78, 5) is 14.6. The van der Waals surface area contributed by atoms with Crippen LogP contribution in [0.25, 0.3) is 0 Å². The van der Waals surface area contributed by atoms with E-state index in [1.807, 2.05) is 0 Å². The van der Waals surface area contributed by atoms with Crippen LogP contribution in [0.3, 0.4) is 0 Å². The van der Waals surface area contributed by atoms with Crippen LogP contribution in [0.1, 0.15) is 11.3 Å². The minimum absolute atomic E-state index is 0.0257. The molecular weight excluding hydrogens is 302 g/mol. The summed E-state index contributed by atoms with van der Waals surface area (Å²) >= 11 is 0. The van der Waals surface area contributed by atoms with Crippen molar-refractivity contribution in [2.45, 2.75) is 0 Å². The highest BCUT2D eigenvalue weighted by atomic mass is 16.7. The lowest BCUT2D eigenvalue weighted by Gasteiger charge is -2.00. The maximum absolute atomic E-state index is 11.1. The van der Waals surface area contributed by atoms with Crippen molar-refractivity contribution in [3.63, 3.8) is 0 Å². The second kappa shape index (κ2) is 6.10. The summed E-state index contributed by atoms with van der Waals surface area (Å²) in [6.07, 6.45) is 2.81. The Morgan fingerprint density at radius 1 is 1.35 bits per heavy atom. The SMILES string of the molecule is N/C(=N/N=C/c1cc2c(cc1[N+](=O)[O-])OCO2)c1ccccn1. The number of rotatable bonds is 4. The smallest absolute Gasteiger partial charge is 0.282 e. The largest absolute Gasteiger partial charge is 0.454 e. The van der Waals surface area contributed by atoms with Gasteiger partial charge in [-0.3, -0.25) is 15.1 Å². The number of hydrogen-bond acceptors (Lipinski definition) is 7. The third-order valence-corrected chi connectivity index (χ3v) is 3.01. The molecule has 1 aliphatic rings. The predicted molar refractivity (Wildman–Crippen MR) is 81.8 cm³/mol. The molecule has 2 heterocycles. The molecule has 1 aromatic heterocycles. The van der Waals surface area contributed by atoms with Gasteiger partial charge < -0.3 is 15.2 Å². The fourth-order valence-electron chi connectivity index (χ4n) is 1.93. The van der Waals surface area contributed by atoms with E-state index in [1.54, 1.807) is 24.4 Å². The number of nitro groups is 1. The minimum Gasteiger partial charge on any atom is -0.454 e. The lowest BCUT2D eigenvalue weighted by atomic mass is 10.1. The van der Waals surface area contributed by atoms with Gasteiger partial charge in [0.1, 0.15) is 5.69 Å². The lowest BCUT2D eigenvalue weighted by Crippen LogP contribution is -2.14. The van der Waals surface area contributed by atoms with Gasteiger partial charge in [0.05, 0.1) is 22.8 Å². The Morgan fingerprint density at radius 2 is 2.13 bits per heavy atom. The number of hydrogen-bond donors (Lipinski definition) is 1. The van der Waals surface area contributed by atoms with Crippen LogP contribution in [-0.2, 0) is 0 Å². The molecule has 2 aromatic rings. The van der Waals surface area contributed by atoms with E-state index in [1.165, 1.54) is 18.3 Å². The summed E-state index contributed by atoms with van der Waals surface area (Å²) in [5.41, 5.74) is 6.28. The molecule has 0 bridgehead atoms. The van der Waals surface area contributed by atoms with Crippen LogP contribution in [0, 0.1) is 10.1 Å². The van der Waals surface area contributed by atoms with Gasteiger partial charge in [0.25, 0.3) is 5.69 Å². The molecule has 0 saturated carbocycles. The van der Waals surface area contributed by atoms with Crippen molar-refractivity contribution >= 4 is 17.7 Å². The summed E-state index contributed by atoms with van der Waals surface area (Å²) in [6.45, 7) is 0.0257. The number of aromatic nitrogens is 1. The van der Waals surface area contributed by atoms with E-state index in [2.05, 4.69) is 15.2 Å². The molecule has 1 aromatic carbocycles. The van der Waals surface area contributed by atoms with Gasteiger partial charge in [-0.05, 0) is 18.2 Å². The summed E-state index contributed by atoms with van der Waals surface area (Å²) < 4.78 is 10.3. The van der Waals surface area contributed by atoms with Crippen molar-refractivity contribution in [1.82, 2.24) is 4.98 Å². The summed E-state index contributed by atoms with van der Waals surface area (Å²) in [5.74, 6) is 0.842. The molecule has 3 rings (SSSR count). The van der Waals surface area contributed by atoms with Gasteiger partial charge >= 0.3 is 0 Å². The second-order valence-electron chi connectivity index (χ2n) is 4.47. The molecule has 2 N–H and O–H groups in total. The Morgan fingerprint density at radius 3 is 2.83 bits per heavy atom. The van der Waals surface area contributed by atoms with E-state index in [0.717, 1.165) is 0 Å². The number of nitro benzene ring substituents is 1. The molecule has 9 heteroatoms. The Balaban J connectivity index is 1.89. The van der Waals surface area contributed by atoms with Crippen LogP contribution in [0.2, 0.25) is 0 Å². The molecule has 1 aliphatic heterocycles. The summed E-state index contributed by atoms with van der Waals surface area (Å²) in [5, 5.41) is 18.7. The van der Waals surface area contributed by atoms with Gasteiger partial charge in [0.2, 0.25) is 6.79 Å². The molecule has 0 spiro atoms. The van der Waals surface area contributed by atoms with Crippen molar-refractivity contribution in [1.29, 1.82) is 0 Å². The molecule has 0 amide bonds. The third kappa shape index (κ3) is 3.07. The number of ether oxygens (including phenoxy) is 2. The molecule has 9 nitrogen and oxygen atoms in total. The van der Waals surface area contributed by atoms with E-state index >= 15 is 0 Å². The Kier molecular flexibility index (Phi) is 3.83. The predicted octanol–water partition coefficient (Wildman–Crippen LogP) is 1.46. The average molecular weight is 313 g/mol. The molecule has 0 saturated heterocycles. The van der Waals surface area contributed by atoms with Gasteiger partial charge in [-0.25, -0.2) is 0 Å². The van der Waals surface area contributed by atoms with Gasteiger partial charge in [0.15, 0.2) is 17.3 Å². The van der Waals surface area contributed by atoms with Crippen LogP contribution in [-0.4, -0.2) is 28.8 Å². The van der Waals surface area contributed by atoms with Crippen LogP contribution < -0.4 is 15.2 Å². The zero-order valence-electron chi connectivity index (χ0n) is 11.7. The van der Waals surface area contributed by atoms with E-state index in [4.69, 9.17) is 15.2 Å². The average Bonchev–Trinajstić information content (AvgIpc) is 3.02. The maximum Gasteiger partial charge on any atom is 0.282 e. The second-order valence-corrected chi connectivity index (χ2v) is 4.47. The first kappa shape index (κ1) is 14.4. The number of pyridine rings is 1. The Hall–Kier alpha value is -3.49. The highest BCUT2D eigenvalue weighted by Gasteiger charge is 2.22. The first-order chi connectivity index (χ1) is 11.1. The third-order valence-electron chi connectivity index (χ3n) is 3.01. The number of nitrogens with zero attached hydrogens (tertiary/aromatic N) is 4. The molecule has 0 aliphatic carbocycles. The topological polar surface area (TPSA) is 125 Å². The zero-order valence-corrected chi connectivity index (χ0v) is 11.7. The van der Waals surface area contributed by atoms with Crippen molar-refractivity contribution in [2.24, 2.45) is 15.9 Å². The van der Waals surface area contributed by atoms with Crippen LogP contribution in [0.15, 0.2) is 46.7 Å². The zero-order chi connectivity index (χ0) is 16.2. The minimum atomic E-state index is -0.533. The first-order valence-electron chi connectivity index (χ1n) is 6.51. The number of benzene rings is 1. The molecule has 0 atom stereocenters. The lowest BCUT2D eigenvalue weighted by molar-refractivity contribution is -0.385. The first-order valence-corrected chi connectivity index (χ1v) is 6.51. The molecule has 0 unspecified atom stereocenters. The van der Waals surface area contributed by atoms with E-state index < -0.39 is 4.92 Å². The summed E-state index contributed by atoms with van der Waals surface area (Å²) in [7, 11) is 0. The van der Waals surface area contributed by atoms with Gasteiger partial charge in [-0.1, -0.05) is 6.07 Å². The Bertz CT molecular complexity index is 804. The number of amidine groups is 1. The summed E-state index contributed by atoms with van der Waals surface area (Å²) in [6, 6.07) is 7.94. The van der Waals surface area contributed by atoms with Crippen molar-refractivity contribution in [3.8, 4) is 11.5 Å². The Labute approximate surface area is 130 Å². The normalized spacial score (nSPS) is 13.5. The van der Waals surface area contributed by atoms with Gasteiger partial charge in [0, 0.05) is 6.20 Å². The molecule has 23 heavy (non-hydrogen) atoms. The van der Waals surface area contributed by atoms with E-state index in [-0.39, 0.29) is 23.9 Å². The van der Waals surface area contributed by atoms with Crippen molar-refractivity contribution < 1.29 is 14.4 Å².